The van der Waals surface area contributed by atoms with Gasteiger partial charge in [-0.25, -0.2) is 4.79 Å². The van der Waals surface area contributed by atoms with Crippen molar-refractivity contribution in [2.24, 2.45) is 0 Å². The maximum atomic E-state index is 12.8. The van der Waals surface area contributed by atoms with Gasteiger partial charge in [0.1, 0.15) is 12.6 Å². The number of hydrogen-bond acceptors (Lipinski definition) is 3. The molecule has 6 heteroatoms. The molecule has 0 bridgehead atoms. The number of aryl methyl sites for hydroxylation is 2. The van der Waals surface area contributed by atoms with E-state index in [1.807, 2.05) is 50.2 Å². The van der Waals surface area contributed by atoms with Crippen LogP contribution in [-0.2, 0) is 16.0 Å². The van der Waals surface area contributed by atoms with Gasteiger partial charge in [-0.1, -0.05) is 42.8 Å². The molecule has 1 aliphatic rings. The summed E-state index contributed by atoms with van der Waals surface area (Å²) in [4.78, 5) is 40.2. The van der Waals surface area contributed by atoms with E-state index in [1.54, 1.807) is 19.1 Å². The predicted molar refractivity (Wildman–Crippen MR) is 105 cm³/mol. The lowest BCUT2D eigenvalue weighted by atomic mass is 10.1. The van der Waals surface area contributed by atoms with Crippen molar-refractivity contribution in [2.45, 2.75) is 33.2 Å². The number of rotatable bonds is 5. The van der Waals surface area contributed by atoms with Crippen molar-refractivity contribution in [3.63, 3.8) is 0 Å². The summed E-state index contributed by atoms with van der Waals surface area (Å²) in [5.41, 5.74) is 3.41. The molecule has 0 saturated carbocycles. The Morgan fingerprint density at radius 2 is 1.74 bits per heavy atom. The molecule has 0 spiro atoms. The Labute approximate surface area is 158 Å². The zero-order valence-electron chi connectivity index (χ0n) is 15.7. The normalized spacial score (nSPS) is 16.8. The minimum atomic E-state index is -0.643. The highest BCUT2D eigenvalue weighted by molar-refractivity contribution is 6.16. The van der Waals surface area contributed by atoms with Gasteiger partial charge < -0.3 is 5.32 Å². The lowest BCUT2D eigenvalue weighted by Gasteiger charge is -2.19. The molecule has 3 rings (SSSR count). The molecule has 0 aromatic heterocycles. The van der Waals surface area contributed by atoms with Crippen LogP contribution < -0.4 is 10.2 Å². The van der Waals surface area contributed by atoms with Gasteiger partial charge in [0.15, 0.2) is 0 Å². The summed E-state index contributed by atoms with van der Waals surface area (Å²) in [6.07, 6.45) is 0.774. The van der Waals surface area contributed by atoms with Crippen LogP contribution in [-0.4, -0.2) is 35.3 Å². The molecular weight excluding hydrogens is 342 g/mol. The second kappa shape index (κ2) is 7.61. The van der Waals surface area contributed by atoms with Gasteiger partial charge in [-0.3, -0.25) is 19.4 Å². The first-order chi connectivity index (χ1) is 12.9. The second-order valence-electron chi connectivity index (χ2n) is 6.65. The first-order valence-corrected chi connectivity index (χ1v) is 9.01. The molecule has 1 aliphatic heterocycles. The van der Waals surface area contributed by atoms with Gasteiger partial charge in [0.05, 0.1) is 0 Å². The number of hydrogen-bond donors (Lipinski definition) is 1. The molecule has 2 aromatic carbocycles. The largest absolute Gasteiger partial charge is 0.332 e. The summed E-state index contributed by atoms with van der Waals surface area (Å²) in [6.45, 7) is 5.32. The smallest absolute Gasteiger partial charge is 0.324 e. The molecule has 1 heterocycles. The number of carbonyl (C=O) groups is 3. The van der Waals surface area contributed by atoms with Gasteiger partial charge in [0.2, 0.25) is 5.91 Å². The SMILES string of the molecule is CCc1ccccc1NC(=O)CN1C(=O)[C@H](C)N(c2ccc(C)cc2)C1=O. The molecule has 1 atom stereocenters. The minimum Gasteiger partial charge on any atom is -0.324 e. The van der Waals surface area contributed by atoms with Crippen molar-refractivity contribution >= 4 is 29.2 Å². The third-order valence-electron chi connectivity index (χ3n) is 4.73. The van der Waals surface area contributed by atoms with Gasteiger partial charge in [-0.15, -0.1) is 0 Å². The van der Waals surface area contributed by atoms with E-state index in [0.29, 0.717) is 11.4 Å². The summed E-state index contributed by atoms with van der Waals surface area (Å²) in [7, 11) is 0. The van der Waals surface area contributed by atoms with Crippen LogP contribution in [0.3, 0.4) is 0 Å². The van der Waals surface area contributed by atoms with E-state index in [0.717, 1.165) is 22.4 Å². The van der Waals surface area contributed by atoms with Crippen LogP contribution in [0.4, 0.5) is 16.2 Å². The Bertz CT molecular complexity index is 876. The molecule has 140 valence electrons. The van der Waals surface area contributed by atoms with Gasteiger partial charge in [0.25, 0.3) is 5.91 Å². The van der Waals surface area contributed by atoms with Crippen molar-refractivity contribution in [3.05, 3.63) is 59.7 Å². The predicted octanol–water partition coefficient (Wildman–Crippen LogP) is 3.35. The molecule has 1 N–H and O–H groups in total. The fourth-order valence-corrected chi connectivity index (χ4v) is 3.19. The number of nitrogens with zero attached hydrogens (tertiary/aromatic N) is 2. The topological polar surface area (TPSA) is 69.7 Å². The second-order valence-corrected chi connectivity index (χ2v) is 6.65. The summed E-state index contributed by atoms with van der Waals surface area (Å²) >= 11 is 0. The zero-order valence-corrected chi connectivity index (χ0v) is 15.7. The third-order valence-corrected chi connectivity index (χ3v) is 4.73. The highest BCUT2D eigenvalue weighted by Crippen LogP contribution is 2.26. The molecule has 0 radical (unpaired) electrons. The maximum absolute atomic E-state index is 12.8. The average molecular weight is 365 g/mol. The molecule has 27 heavy (non-hydrogen) atoms. The Morgan fingerprint density at radius 1 is 1.07 bits per heavy atom. The number of carbonyl (C=O) groups excluding carboxylic acids is 3. The van der Waals surface area contributed by atoms with E-state index in [-0.39, 0.29) is 12.5 Å². The van der Waals surface area contributed by atoms with Crippen LogP contribution in [0.15, 0.2) is 48.5 Å². The van der Waals surface area contributed by atoms with E-state index in [9.17, 15) is 14.4 Å². The molecule has 2 aromatic rings. The van der Waals surface area contributed by atoms with Crippen molar-refractivity contribution in [2.75, 3.05) is 16.8 Å². The van der Waals surface area contributed by atoms with E-state index in [1.165, 1.54) is 4.90 Å². The number of benzene rings is 2. The molecule has 6 nitrogen and oxygen atoms in total. The van der Waals surface area contributed by atoms with Gasteiger partial charge in [-0.2, -0.15) is 0 Å². The van der Waals surface area contributed by atoms with Crippen LogP contribution >= 0.6 is 0 Å². The van der Waals surface area contributed by atoms with E-state index in [2.05, 4.69) is 5.32 Å². The number of imide groups is 1. The molecule has 4 amide bonds. The molecule has 0 aliphatic carbocycles. The van der Waals surface area contributed by atoms with Gasteiger partial charge in [0, 0.05) is 11.4 Å². The van der Waals surface area contributed by atoms with Crippen LogP contribution in [0.5, 0.6) is 0 Å². The molecule has 0 unspecified atom stereocenters. The zero-order chi connectivity index (χ0) is 19.6. The fraction of sp³-hybridized carbons (Fsp3) is 0.286. The third kappa shape index (κ3) is 3.69. The summed E-state index contributed by atoms with van der Waals surface area (Å²) < 4.78 is 0. The van der Waals surface area contributed by atoms with Crippen molar-refractivity contribution in [1.29, 1.82) is 0 Å². The summed E-state index contributed by atoms with van der Waals surface area (Å²) in [5.74, 6) is -0.768. The lowest BCUT2D eigenvalue weighted by Crippen LogP contribution is -2.39. The Hall–Kier alpha value is -3.15. The van der Waals surface area contributed by atoms with Crippen molar-refractivity contribution < 1.29 is 14.4 Å². The number of amides is 4. The van der Waals surface area contributed by atoms with Crippen molar-refractivity contribution in [1.82, 2.24) is 4.90 Å². The van der Waals surface area contributed by atoms with Gasteiger partial charge in [-0.05, 0) is 44.0 Å². The Balaban J connectivity index is 1.75. The number of anilines is 2. The fourth-order valence-electron chi connectivity index (χ4n) is 3.19. The number of urea groups is 1. The van der Waals surface area contributed by atoms with E-state index in [4.69, 9.17) is 0 Å². The van der Waals surface area contributed by atoms with Crippen LogP contribution in [0.1, 0.15) is 25.0 Å². The van der Waals surface area contributed by atoms with E-state index < -0.39 is 18.0 Å². The van der Waals surface area contributed by atoms with Crippen LogP contribution in [0, 0.1) is 6.92 Å². The first kappa shape index (κ1) is 18.6. The summed E-state index contributed by atoms with van der Waals surface area (Å²) in [6, 6.07) is 13.7. The Morgan fingerprint density at radius 3 is 2.41 bits per heavy atom. The molecular formula is C21H23N3O3. The van der Waals surface area contributed by atoms with Gasteiger partial charge >= 0.3 is 6.03 Å². The highest BCUT2D eigenvalue weighted by atomic mass is 16.2. The number of nitrogens with one attached hydrogen (secondary N) is 1. The first-order valence-electron chi connectivity index (χ1n) is 9.01. The minimum absolute atomic E-state index is 0.303. The summed E-state index contributed by atoms with van der Waals surface area (Å²) in [5, 5.41) is 2.80. The molecule has 1 saturated heterocycles. The average Bonchev–Trinajstić information content (AvgIpc) is 2.86. The van der Waals surface area contributed by atoms with Crippen LogP contribution in [0.25, 0.3) is 0 Å². The highest BCUT2D eigenvalue weighted by Gasteiger charge is 2.44. The lowest BCUT2D eigenvalue weighted by molar-refractivity contribution is -0.130. The Kier molecular flexibility index (Phi) is 5.26. The van der Waals surface area contributed by atoms with Crippen LogP contribution in [0.2, 0.25) is 0 Å². The standard InChI is InChI=1S/C21H23N3O3/c1-4-16-7-5-6-8-18(16)22-19(25)13-23-20(26)15(3)24(21(23)27)17-11-9-14(2)10-12-17/h5-12,15H,4,13H2,1-3H3,(H,22,25)/t15-/m0/s1. The molecule has 1 fully saturated rings. The monoisotopic (exact) mass is 365 g/mol. The van der Waals surface area contributed by atoms with E-state index >= 15 is 0 Å². The maximum Gasteiger partial charge on any atom is 0.332 e. The van der Waals surface area contributed by atoms with Crippen molar-refractivity contribution in [3.8, 4) is 0 Å². The number of para-hydroxylation sites is 1. The quantitative estimate of drug-likeness (QED) is 0.826.